The van der Waals surface area contributed by atoms with Gasteiger partial charge in [0.05, 0.1) is 22.3 Å². The van der Waals surface area contributed by atoms with Gasteiger partial charge in [-0.2, -0.15) is 4.98 Å². The summed E-state index contributed by atoms with van der Waals surface area (Å²) in [6.07, 6.45) is 1.21. The van der Waals surface area contributed by atoms with Crippen LogP contribution >= 0.6 is 23.2 Å². The van der Waals surface area contributed by atoms with Gasteiger partial charge in [-0.05, 0) is 48.5 Å². The maximum Gasteiger partial charge on any atom is 0.336 e. The Labute approximate surface area is 177 Å². The summed E-state index contributed by atoms with van der Waals surface area (Å²) in [7, 11) is 1.59. The number of hydrogen-bond acceptors (Lipinski definition) is 5. The lowest BCUT2D eigenvalue weighted by molar-refractivity contribution is -0.111. The molecule has 0 fully saturated rings. The summed E-state index contributed by atoms with van der Waals surface area (Å²) >= 11 is 12.2. The summed E-state index contributed by atoms with van der Waals surface area (Å²) in [5.41, 5.74) is 2.07. The number of carbonyl (C=O) groups is 1. The fourth-order valence-electron chi connectivity index (χ4n) is 2.45. The third kappa shape index (κ3) is 5.14. The predicted molar refractivity (Wildman–Crippen MR) is 113 cm³/mol. The molecule has 0 atom stereocenters. The summed E-state index contributed by atoms with van der Waals surface area (Å²) in [6, 6.07) is 12.5. The van der Waals surface area contributed by atoms with Crippen molar-refractivity contribution in [3.05, 3.63) is 65.2 Å². The van der Waals surface area contributed by atoms with Crippen LogP contribution in [0.25, 0.3) is 17.1 Å². The Hall–Kier alpha value is -2.87. The van der Waals surface area contributed by atoms with Gasteiger partial charge >= 0.3 is 6.01 Å². The first-order valence-electron chi connectivity index (χ1n) is 8.60. The zero-order valence-electron chi connectivity index (χ0n) is 15.6. The molecule has 1 aromatic heterocycles. The van der Waals surface area contributed by atoms with Crippen molar-refractivity contribution in [2.45, 2.75) is 0 Å². The molecule has 1 N–H and O–H groups in total. The first kappa shape index (κ1) is 20.9. The summed E-state index contributed by atoms with van der Waals surface area (Å²) < 4.78 is 12.2. The maximum absolute atomic E-state index is 11.5. The van der Waals surface area contributed by atoms with Gasteiger partial charge in [-0.3, -0.25) is 4.79 Å². The van der Waals surface area contributed by atoms with E-state index in [0.717, 1.165) is 11.3 Å². The van der Waals surface area contributed by atoms with Crippen LogP contribution in [-0.4, -0.2) is 41.0 Å². The van der Waals surface area contributed by atoms with Crippen LogP contribution in [-0.2, 0) is 9.53 Å². The molecular formula is C20H18Cl2N4O3. The van der Waals surface area contributed by atoms with Gasteiger partial charge in [0, 0.05) is 18.4 Å². The number of nitrogens with one attached hydrogen (secondary N) is 1. The second-order valence-corrected chi connectivity index (χ2v) is 6.65. The number of benzene rings is 2. The average Bonchev–Trinajstić information content (AvgIpc) is 3.15. The van der Waals surface area contributed by atoms with Crippen LogP contribution in [0.1, 0.15) is 0 Å². The minimum absolute atomic E-state index is 0.201. The Bertz CT molecular complexity index is 1020. The molecule has 0 spiro atoms. The zero-order chi connectivity index (χ0) is 20.8. The van der Waals surface area contributed by atoms with Crippen molar-refractivity contribution < 1.29 is 14.3 Å². The van der Waals surface area contributed by atoms with Crippen molar-refractivity contribution >= 4 is 34.8 Å². The van der Waals surface area contributed by atoms with Crippen LogP contribution < -0.4 is 10.1 Å². The summed E-state index contributed by atoms with van der Waals surface area (Å²) in [5.74, 6) is 0.239. The number of aromatic nitrogens is 3. The molecule has 0 saturated heterocycles. The Kier molecular flexibility index (Phi) is 6.87. The second-order valence-electron chi connectivity index (χ2n) is 5.84. The van der Waals surface area contributed by atoms with Crippen LogP contribution in [0.15, 0.2) is 55.1 Å². The Balaban J connectivity index is 1.98. The highest BCUT2D eigenvalue weighted by atomic mass is 35.5. The van der Waals surface area contributed by atoms with Crippen molar-refractivity contribution in [3.8, 4) is 23.1 Å². The number of hydrogen-bond donors (Lipinski definition) is 1. The quantitative estimate of drug-likeness (QED) is 0.421. The van der Waals surface area contributed by atoms with Gasteiger partial charge in [-0.1, -0.05) is 29.8 Å². The number of ether oxygens (including phenoxy) is 2. The van der Waals surface area contributed by atoms with Crippen LogP contribution in [0.5, 0.6) is 6.01 Å². The summed E-state index contributed by atoms with van der Waals surface area (Å²) in [4.78, 5) is 15.9. The third-order valence-corrected chi connectivity index (χ3v) is 4.59. The largest absolute Gasteiger partial charge is 0.460 e. The highest BCUT2D eigenvalue weighted by molar-refractivity contribution is 6.42. The monoisotopic (exact) mass is 432 g/mol. The molecule has 3 rings (SSSR count). The lowest BCUT2D eigenvalue weighted by atomic mass is 10.2. The van der Waals surface area contributed by atoms with E-state index < -0.39 is 0 Å². The van der Waals surface area contributed by atoms with Crippen molar-refractivity contribution in [2.24, 2.45) is 0 Å². The van der Waals surface area contributed by atoms with Crippen LogP contribution in [0.2, 0.25) is 10.0 Å². The zero-order valence-corrected chi connectivity index (χ0v) is 17.1. The lowest BCUT2D eigenvalue weighted by Gasteiger charge is -2.08. The highest BCUT2D eigenvalue weighted by Gasteiger charge is 2.16. The molecule has 1 heterocycles. The number of halogens is 2. The first-order valence-corrected chi connectivity index (χ1v) is 9.35. The number of nitrogens with zero attached hydrogens (tertiary/aromatic N) is 3. The number of carbonyl (C=O) groups excluding carboxylic acids is 1. The van der Waals surface area contributed by atoms with E-state index in [1.54, 1.807) is 54.3 Å². The van der Waals surface area contributed by atoms with Gasteiger partial charge in [0.15, 0.2) is 5.82 Å². The number of amides is 1. The molecule has 7 nitrogen and oxygen atoms in total. The average molecular weight is 433 g/mol. The minimum atomic E-state index is -0.288. The molecule has 9 heteroatoms. The van der Waals surface area contributed by atoms with Gasteiger partial charge in [0.1, 0.15) is 6.61 Å². The molecule has 29 heavy (non-hydrogen) atoms. The van der Waals surface area contributed by atoms with Crippen LogP contribution in [0, 0.1) is 0 Å². The molecule has 0 unspecified atom stereocenters. The Morgan fingerprint density at radius 1 is 1.17 bits per heavy atom. The van der Waals surface area contributed by atoms with Gasteiger partial charge in [0.2, 0.25) is 5.91 Å². The van der Waals surface area contributed by atoms with Gasteiger partial charge < -0.3 is 14.8 Å². The SMILES string of the molecule is C=CC(=O)Nc1ccc(-n2nc(OCCOC)nc2-c2ccc(Cl)c(Cl)c2)cc1. The summed E-state index contributed by atoms with van der Waals surface area (Å²) in [5, 5.41) is 7.98. The first-order chi connectivity index (χ1) is 14.0. The van der Waals surface area contributed by atoms with Crippen molar-refractivity contribution in [2.75, 3.05) is 25.6 Å². The van der Waals surface area contributed by atoms with Gasteiger partial charge in [0.25, 0.3) is 0 Å². The highest BCUT2D eigenvalue weighted by Crippen LogP contribution is 2.30. The molecule has 0 bridgehead atoms. The predicted octanol–water partition coefficient (Wildman–Crippen LogP) is 4.39. The van der Waals surface area contributed by atoms with E-state index in [0.29, 0.717) is 34.8 Å². The molecule has 1 amide bonds. The van der Waals surface area contributed by atoms with Crippen molar-refractivity contribution in [1.82, 2.24) is 14.8 Å². The normalized spacial score (nSPS) is 10.6. The van der Waals surface area contributed by atoms with E-state index in [-0.39, 0.29) is 11.9 Å². The topological polar surface area (TPSA) is 78.3 Å². The van der Waals surface area contributed by atoms with E-state index in [9.17, 15) is 4.79 Å². The van der Waals surface area contributed by atoms with Gasteiger partial charge in [-0.25, -0.2) is 4.68 Å². The summed E-state index contributed by atoms with van der Waals surface area (Å²) in [6.45, 7) is 4.16. The van der Waals surface area contributed by atoms with Gasteiger partial charge in [-0.15, -0.1) is 5.10 Å². The molecule has 0 aliphatic carbocycles. The maximum atomic E-state index is 11.5. The van der Waals surface area contributed by atoms with E-state index in [2.05, 4.69) is 22.0 Å². The molecular weight excluding hydrogens is 415 g/mol. The van der Waals surface area contributed by atoms with E-state index in [1.807, 2.05) is 0 Å². The fourth-order valence-corrected chi connectivity index (χ4v) is 2.75. The molecule has 0 radical (unpaired) electrons. The van der Waals surface area contributed by atoms with E-state index >= 15 is 0 Å². The fraction of sp³-hybridized carbons (Fsp3) is 0.150. The smallest absolute Gasteiger partial charge is 0.336 e. The van der Waals surface area contributed by atoms with E-state index in [1.165, 1.54) is 6.08 Å². The standard InChI is InChI=1S/C20H18Cl2N4O3/c1-3-18(27)23-14-5-7-15(8-6-14)26-19(13-4-9-16(21)17(22)12-13)24-20(25-26)29-11-10-28-2/h3-9,12H,1,10-11H2,2H3,(H,23,27). The van der Waals surface area contributed by atoms with Crippen LogP contribution in [0.3, 0.4) is 0 Å². The van der Waals surface area contributed by atoms with Crippen molar-refractivity contribution in [3.63, 3.8) is 0 Å². The Morgan fingerprint density at radius 3 is 2.59 bits per heavy atom. The Morgan fingerprint density at radius 2 is 1.93 bits per heavy atom. The molecule has 0 saturated carbocycles. The number of rotatable bonds is 8. The van der Waals surface area contributed by atoms with Crippen LogP contribution in [0.4, 0.5) is 5.69 Å². The molecule has 3 aromatic rings. The van der Waals surface area contributed by atoms with Crippen molar-refractivity contribution in [1.29, 1.82) is 0 Å². The number of anilines is 1. The lowest BCUT2D eigenvalue weighted by Crippen LogP contribution is -2.07. The molecule has 0 aliphatic heterocycles. The second kappa shape index (κ2) is 9.56. The van der Waals surface area contributed by atoms with E-state index in [4.69, 9.17) is 32.7 Å². The number of methoxy groups -OCH3 is 1. The minimum Gasteiger partial charge on any atom is -0.460 e. The molecule has 2 aromatic carbocycles. The third-order valence-electron chi connectivity index (χ3n) is 3.85. The molecule has 150 valence electrons. The molecule has 0 aliphatic rings.